The van der Waals surface area contributed by atoms with Gasteiger partial charge in [0.1, 0.15) is 12.1 Å². The van der Waals surface area contributed by atoms with Crippen LogP contribution in [0.25, 0.3) is 0 Å². The maximum Gasteiger partial charge on any atom is 0.137 e. The number of hydrogen-bond donors (Lipinski definition) is 2. The van der Waals surface area contributed by atoms with Crippen LogP contribution in [0.15, 0.2) is 0 Å². The van der Waals surface area contributed by atoms with Gasteiger partial charge in [-0.1, -0.05) is 0 Å². The third-order valence-electron chi connectivity index (χ3n) is 1.36. The summed E-state index contributed by atoms with van der Waals surface area (Å²) in [6.07, 6.45) is -0.852. The minimum atomic E-state index is -0.852. The highest BCUT2D eigenvalue weighted by Gasteiger charge is 2.35. The minimum absolute atomic E-state index is 0.0503. The summed E-state index contributed by atoms with van der Waals surface area (Å²) in [4.78, 5) is 4.91. The minimum Gasteiger partial charge on any atom is -0.394 e. The lowest BCUT2D eigenvalue weighted by atomic mass is 10.4. The zero-order chi connectivity index (χ0) is 8.27. The molecule has 1 rings (SSSR count). The maximum absolute atomic E-state index is 8.81. The highest BCUT2D eigenvalue weighted by Crippen LogP contribution is 2.15. The van der Waals surface area contributed by atoms with Crippen LogP contribution in [0.5, 0.6) is 0 Å². The van der Waals surface area contributed by atoms with Crippen molar-refractivity contribution >= 4 is 0 Å². The Morgan fingerprint density at radius 3 is 3.00 bits per heavy atom. The number of hydroxylamine groups is 2. The maximum atomic E-state index is 8.81. The van der Waals surface area contributed by atoms with Crippen LogP contribution in [0, 0.1) is 11.3 Å². The summed E-state index contributed by atoms with van der Waals surface area (Å²) in [5.41, 5.74) is 0. The van der Waals surface area contributed by atoms with E-state index < -0.39 is 6.10 Å². The van der Waals surface area contributed by atoms with Crippen LogP contribution in [0.1, 0.15) is 0 Å². The molecule has 0 spiro atoms. The van der Waals surface area contributed by atoms with E-state index >= 15 is 0 Å². The van der Waals surface area contributed by atoms with E-state index in [-0.39, 0.29) is 19.3 Å². The molecule has 5 nitrogen and oxygen atoms in total. The van der Waals surface area contributed by atoms with Crippen molar-refractivity contribution < 1.29 is 15.1 Å². The molecule has 62 valence electrons. The molecule has 0 aromatic carbocycles. The second-order valence-electron chi connectivity index (χ2n) is 2.38. The van der Waals surface area contributed by atoms with Gasteiger partial charge in [-0.05, 0) is 0 Å². The van der Waals surface area contributed by atoms with Crippen LogP contribution in [0.3, 0.4) is 0 Å². The quantitative estimate of drug-likeness (QED) is 0.486. The Morgan fingerprint density at radius 1 is 1.82 bits per heavy atom. The Hall–Kier alpha value is -0.670. The fourth-order valence-corrected chi connectivity index (χ4v) is 0.606. The van der Waals surface area contributed by atoms with Gasteiger partial charge < -0.3 is 10.2 Å². The van der Waals surface area contributed by atoms with E-state index in [1.807, 2.05) is 6.07 Å². The molecule has 1 aliphatic rings. The summed E-state index contributed by atoms with van der Waals surface area (Å²) in [6, 6.07) is 1.82. The van der Waals surface area contributed by atoms with Crippen molar-refractivity contribution in [1.29, 1.82) is 5.26 Å². The van der Waals surface area contributed by atoms with Crippen molar-refractivity contribution in [3.63, 3.8) is 0 Å². The lowest BCUT2D eigenvalue weighted by molar-refractivity contribution is -0.111. The Bertz CT molecular complexity index is 168. The summed E-state index contributed by atoms with van der Waals surface area (Å²) in [5, 5.41) is 27.0. The van der Waals surface area contributed by atoms with Crippen molar-refractivity contribution in [1.82, 2.24) is 5.06 Å². The molecule has 1 heterocycles. The molecule has 1 aliphatic heterocycles. The van der Waals surface area contributed by atoms with Gasteiger partial charge in [0.15, 0.2) is 0 Å². The molecule has 0 saturated carbocycles. The number of nitrogens with zero attached hydrogens (tertiary/aromatic N) is 2. The van der Waals surface area contributed by atoms with Gasteiger partial charge in [-0.2, -0.15) is 10.3 Å². The molecule has 0 radical (unpaired) electrons. The normalized spacial score (nSPS) is 31.0. The number of rotatable bonds is 4. The predicted octanol–water partition coefficient (Wildman–Crippen LogP) is -1.52. The van der Waals surface area contributed by atoms with Crippen molar-refractivity contribution in [2.75, 3.05) is 19.8 Å². The van der Waals surface area contributed by atoms with Gasteiger partial charge in [0, 0.05) is 0 Å². The van der Waals surface area contributed by atoms with E-state index in [4.69, 9.17) is 20.3 Å². The molecular formula is C6H10N2O3. The van der Waals surface area contributed by atoms with Crippen LogP contribution in [0.4, 0.5) is 0 Å². The zero-order valence-electron chi connectivity index (χ0n) is 5.97. The van der Waals surface area contributed by atoms with Gasteiger partial charge in [0.2, 0.25) is 0 Å². The van der Waals surface area contributed by atoms with E-state index in [0.717, 1.165) is 0 Å². The first-order valence-corrected chi connectivity index (χ1v) is 3.36. The van der Waals surface area contributed by atoms with Crippen molar-refractivity contribution in [2.24, 2.45) is 0 Å². The molecule has 3 atom stereocenters. The van der Waals surface area contributed by atoms with Crippen LogP contribution < -0.4 is 0 Å². The lowest BCUT2D eigenvalue weighted by Gasteiger charge is -2.06. The van der Waals surface area contributed by atoms with Crippen molar-refractivity contribution in [3.8, 4) is 6.07 Å². The highest BCUT2D eigenvalue weighted by molar-refractivity contribution is 5.01. The van der Waals surface area contributed by atoms with Crippen LogP contribution in [-0.2, 0) is 4.84 Å². The van der Waals surface area contributed by atoms with E-state index in [2.05, 4.69) is 0 Å². The Kier molecular flexibility index (Phi) is 2.79. The summed E-state index contributed by atoms with van der Waals surface area (Å²) in [7, 11) is 0. The first-order valence-electron chi connectivity index (χ1n) is 3.36. The van der Waals surface area contributed by atoms with Gasteiger partial charge in [-0.25, -0.2) is 0 Å². The topological polar surface area (TPSA) is 76.5 Å². The first kappa shape index (κ1) is 8.43. The lowest BCUT2D eigenvalue weighted by Crippen LogP contribution is -2.21. The molecule has 0 aromatic heterocycles. The summed E-state index contributed by atoms with van der Waals surface area (Å²) < 4.78 is 0. The summed E-state index contributed by atoms with van der Waals surface area (Å²) in [6.45, 7) is 0.328. The molecule has 1 fully saturated rings. The second kappa shape index (κ2) is 3.64. The standard InChI is InChI=1S/C6H10N2O3/c7-1-5-2-8(5)11-4-6(10)3-9/h5-6,9-10H,2-4H2. The molecule has 1 saturated heterocycles. The van der Waals surface area contributed by atoms with E-state index in [0.29, 0.717) is 6.54 Å². The van der Waals surface area contributed by atoms with Gasteiger partial charge in [0.05, 0.1) is 25.8 Å². The van der Waals surface area contributed by atoms with E-state index in [1.165, 1.54) is 5.06 Å². The molecular weight excluding hydrogens is 148 g/mol. The number of aliphatic hydroxyl groups is 2. The summed E-state index contributed by atoms with van der Waals surface area (Å²) >= 11 is 0. The smallest absolute Gasteiger partial charge is 0.137 e. The average molecular weight is 158 g/mol. The third kappa shape index (κ3) is 2.44. The molecule has 0 amide bonds. The highest BCUT2D eigenvalue weighted by atomic mass is 16.7. The van der Waals surface area contributed by atoms with Crippen LogP contribution in [-0.4, -0.2) is 47.2 Å². The van der Waals surface area contributed by atoms with Gasteiger partial charge >= 0.3 is 0 Å². The molecule has 11 heavy (non-hydrogen) atoms. The molecule has 3 unspecified atom stereocenters. The monoisotopic (exact) mass is 158 g/mol. The molecule has 0 bridgehead atoms. The Balaban J connectivity index is 2.02. The van der Waals surface area contributed by atoms with Gasteiger partial charge in [-0.3, -0.25) is 4.84 Å². The van der Waals surface area contributed by atoms with E-state index in [9.17, 15) is 0 Å². The molecule has 2 N–H and O–H groups in total. The SMILES string of the molecule is N#CC1CN1OCC(O)CO. The van der Waals surface area contributed by atoms with E-state index in [1.54, 1.807) is 0 Å². The fourth-order valence-electron chi connectivity index (χ4n) is 0.606. The fraction of sp³-hybridized carbons (Fsp3) is 0.833. The molecule has 0 aliphatic carbocycles. The number of hydrogen-bond acceptors (Lipinski definition) is 5. The predicted molar refractivity (Wildman–Crippen MR) is 35.2 cm³/mol. The summed E-state index contributed by atoms with van der Waals surface area (Å²) in [5.74, 6) is 0. The Labute approximate surface area is 64.4 Å². The molecule has 0 aromatic rings. The first-order chi connectivity index (χ1) is 5.27. The zero-order valence-corrected chi connectivity index (χ0v) is 5.97. The van der Waals surface area contributed by atoms with Crippen LogP contribution >= 0.6 is 0 Å². The van der Waals surface area contributed by atoms with Crippen molar-refractivity contribution in [3.05, 3.63) is 0 Å². The Morgan fingerprint density at radius 2 is 2.55 bits per heavy atom. The second-order valence-corrected chi connectivity index (χ2v) is 2.38. The van der Waals surface area contributed by atoms with Crippen LogP contribution in [0.2, 0.25) is 0 Å². The number of nitriles is 1. The largest absolute Gasteiger partial charge is 0.394 e. The third-order valence-corrected chi connectivity index (χ3v) is 1.36. The van der Waals surface area contributed by atoms with Crippen molar-refractivity contribution in [2.45, 2.75) is 12.1 Å². The molecule has 5 heteroatoms. The number of aliphatic hydroxyl groups excluding tert-OH is 2. The average Bonchev–Trinajstić information content (AvgIpc) is 2.78. The van der Waals surface area contributed by atoms with Gasteiger partial charge in [-0.15, -0.1) is 0 Å². The van der Waals surface area contributed by atoms with Gasteiger partial charge in [0.25, 0.3) is 0 Å².